The summed E-state index contributed by atoms with van der Waals surface area (Å²) in [5.74, 6) is -3.96. The molecule has 1 amide bonds. The second-order valence-electron chi connectivity index (χ2n) is 14.7. The van der Waals surface area contributed by atoms with E-state index >= 15 is 0 Å². The van der Waals surface area contributed by atoms with Crippen LogP contribution in [0, 0.1) is 16.7 Å². The summed E-state index contributed by atoms with van der Waals surface area (Å²) >= 11 is 0. The number of ether oxygens (including phenoxy) is 5. The van der Waals surface area contributed by atoms with Crippen molar-refractivity contribution in [2.24, 2.45) is 16.7 Å². The maximum absolute atomic E-state index is 11.8. The second kappa shape index (κ2) is 34.6. The van der Waals surface area contributed by atoms with E-state index in [2.05, 4.69) is 19.2 Å². The van der Waals surface area contributed by atoms with Crippen LogP contribution in [0.5, 0.6) is 0 Å². The van der Waals surface area contributed by atoms with Gasteiger partial charge in [0.1, 0.15) is 19.8 Å². The zero-order valence-corrected chi connectivity index (χ0v) is 37.3. The van der Waals surface area contributed by atoms with Gasteiger partial charge in [0.05, 0.1) is 41.7 Å². The first-order chi connectivity index (χ1) is 28.0. The van der Waals surface area contributed by atoms with Crippen molar-refractivity contribution in [3.8, 4) is 0 Å². The Bertz CT molecular complexity index is 1420. The topological polar surface area (TPSA) is 255 Å². The summed E-state index contributed by atoms with van der Waals surface area (Å²) in [5.41, 5.74) is -1.26. The van der Waals surface area contributed by atoms with Gasteiger partial charge in [0.15, 0.2) is 0 Å². The average molecular weight is 858 g/mol. The number of esters is 4. The Morgan fingerprint density at radius 1 is 0.633 bits per heavy atom. The van der Waals surface area contributed by atoms with Crippen LogP contribution in [-0.4, -0.2) is 103 Å². The lowest BCUT2D eigenvalue weighted by Gasteiger charge is -2.20. The van der Waals surface area contributed by atoms with Gasteiger partial charge in [-0.3, -0.25) is 24.0 Å². The van der Waals surface area contributed by atoms with E-state index in [4.69, 9.17) is 48.6 Å². The molecule has 4 N–H and O–H groups in total. The maximum Gasteiger partial charge on any atom is 0.407 e. The SMILES string of the molecule is CC(=O)O.CC(=O)O.CCC(C)(C)C(=O)OCCOC(=O)c1ccccc1C(=O)O.CCCCC(CC)COC(=O)CCCCCOC(=O)NCCOC(=O)C(C)(C)CC. The molecule has 1 rings (SSSR count). The number of nitrogens with one attached hydrogen (secondary N) is 1. The van der Waals surface area contributed by atoms with Crippen LogP contribution in [0.1, 0.15) is 154 Å². The average Bonchev–Trinajstić information content (AvgIpc) is 3.18. The number of rotatable bonds is 24. The normalized spacial score (nSPS) is 10.9. The summed E-state index contributed by atoms with van der Waals surface area (Å²) < 4.78 is 25.5. The third kappa shape index (κ3) is 32.7. The molecule has 0 bridgehead atoms. The number of carboxylic acid groups (broad SMARTS) is 3. The van der Waals surface area contributed by atoms with Crippen LogP contribution in [0.4, 0.5) is 4.79 Å². The van der Waals surface area contributed by atoms with E-state index in [1.165, 1.54) is 24.6 Å². The fourth-order valence-electron chi connectivity index (χ4n) is 4.12. The van der Waals surface area contributed by atoms with Gasteiger partial charge in [-0.1, -0.05) is 59.1 Å². The summed E-state index contributed by atoms with van der Waals surface area (Å²) in [6, 6.07) is 5.77. The van der Waals surface area contributed by atoms with Crippen LogP contribution in [-0.2, 0) is 47.7 Å². The van der Waals surface area contributed by atoms with Gasteiger partial charge in [-0.05, 0) is 84.3 Å². The van der Waals surface area contributed by atoms with Gasteiger partial charge in [0, 0.05) is 20.3 Å². The van der Waals surface area contributed by atoms with Gasteiger partial charge >= 0.3 is 35.9 Å². The molecule has 0 aliphatic rings. The van der Waals surface area contributed by atoms with E-state index in [0.29, 0.717) is 44.8 Å². The van der Waals surface area contributed by atoms with Crippen LogP contribution in [0.25, 0.3) is 0 Å². The molecule has 17 heteroatoms. The quantitative estimate of drug-likeness (QED) is 0.0441. The van der Waals surface area contributed by atoms with Crippen LogP contribution in [0.2, 0.25) is 0 Å². The van der Waals surface area contributed by atoms with E-state index < -0.39 is 40.8 Å². The highest BCUT2D eigenvalue weighted by atomic mass is 16.6. The number of aliphatic carboxylic acids is 2. The molecule has 1 unspecified atom stereocenters. The minimum absolute atomic E-state index is 0.0322. The molecule has 1 aromatic rings. The summed E-state index contributed by atoms with van der Waals surface area (Å²) in [7, 11) is 0. The van der Waals surface area contributed by atoms with Crippen LogP contribution in [0.15, 0.2) is 24.3 Å². The summed E-state index contributed by atoms with van der Waals surface area (Å²) in [6.45, 7) is 18.4. The molecule has 0 fully saturated rings. The van der Waals surface area contributed by atoms with E-state index in [1.54, 1.807) is 19.9 Å². The standard InChI is InChI=1S/C23H43NO6.C16H20O6.2C2H4O2/c1-6-9-13-19(7-2)18-30-20(25)14-11-10-12-16-29-22(27)24-15-17-28-21(26)23(4,5)8-3;1-4-16(2,3)15(20)22-10-9-21-14(19)12-8-6-5-7-11(12)13(17)18;2*1-2(3)4/h19H,6-18H2,1-5H3,(H,24,27);5-8H,4,9-10H2,1-3H3,(H,17,18);2*1H3,(H,3,4). The fraction of sp³-hybridized carbons (Fsp3) is 0.674. The zero-order valence-electron chi connectivity index (χ0n) is 37.3. The van der Waals surface area contributed by atoms with E-state index in [0.717, 1.165) is 46.0 Å². The first-order valence-electron chi connectivity index (χ1n) is 20.3. The Balaban J connectivity index is -0.000000942. The molecule has 0 aliphatic heterocycles. The first-order valence-corrected chi connectivity index (χ1v) is 20.3. The van der Waals surface area contributed by atoms with Crippen molar-refractivity contribution in [2.45, 2.75) is 133 Å². The lowest BCUT2D eigenvalue weighted by Crippen LogP contribution is -2.32. The third-order valence-corrected chi connectivity index (χ3v) is 8.69. The summed E-state index contributed by atoms with van der Waals surface area (Å²) in [6.07, 6.45) is 7.88. The number of alkyl carbamates (subject to hydrolysis) is 1. The molecule has 0 aliphatic carbocycles. The fourth-order valence-corrected chi connectivity index (χ4v) is 4.12. The number of hydrogen-bond donors (Lipinski definition) is 4. The molecule has 0 saturated heterocycles. The minimum Gasteiger partial charge on any atom is -0.481 e. The van der Waals surface area contributed by atoms with Crippen molar-refractivity contribution in [2.75, 3.05) is 39.6 Å². The monoisotopic (exact) mass is 857 g/mol. The molecule has 0 heterocycles. The molecule has 0 spiro atoms. The number of carboxylic acids is 3. The number of hydrogen-bond acceptors (Lipinski definition) is 13. The van der Waals surface area contributed by atoms with Gasteiger partial charge < -0.3 is 44.3 Å². The Labute approximate surface area is 355 Å². The molecule has 344 valence electrons. The van der Waals surface area contributed by atoms with Crippen LogP contribution >= 0.6 is 0 Å². The largest absolute Gasteiger partial charge is 0.481 e. The van der Waals surface area contributed by atoms with Gasteiger partial charge in [-0.2, -0.15) is 0 Å². The van der Waals surface area contributed by atoms with Crippen LogP contribution in [0.3, 0.4) is 0 Å². The van der Waals surface area contributed by atoms with Crippen molar-refractivity contribution in [3.63, 3.8) is 0 Å². The molecule has 0 saturated carbocycles. The zero-order chi connectivity index (χ0) is 46.7. The molecule has 0 aromatic heterocycles. The van der Waals surface area contributed by atoms with Crippen LogP contribution < -0.4 is 5.32 Å². The summed E-state index contributed by atoms with van der Waals surface area (Å²) in [4.78, 5) is 87.7. The lowest BCUT2D eigenvalue weighted by molar-refractivity contribution is -0.155. The third-order valence-electron chi connectivity index (χ3n) is 8.69. The number of unbranched alkanes of at least 4 members (excludes halogenated alkanes) is 3. The van der Waals surface area contributed by atoms with Crippen molar-refractivity contribution in [3.05, 3.63) is 35.4 Å². The molecule has 17 nitrogen and oxygen atoms in total. The number of benzene rings is 1. The van der Waals surface area contributed by atoms with Gasteiger partial charge in [-0.15, -0.1) is 0 Å². The number of amides is 1. The first kappa shape index (κ1) is 59.1. The van der Waals surface area contributed by atoms with Crippen molar-refractivity contribution in [1.82, 2.24) is 5.32 Å². The number of carbonyl (C=O) groups is 8. The van der Waals surface area contributed by atoms with Gasteiger partial charge in [0.25, 0.3) is 11.9 Å². The van der Waals surface area contributed by atoms with Crippen molar-refractivity contribution < 1.29 is 77.4 Å². The Morgan fingerprint density at radius 3 is 1.62 bits per heavy atom. The Morgan fingerprint density at radius 2 is 1.13 bits per heavy atom. The van der Waals surface area contributed by atoms with E-state index in [-0.39, 0.29) is 55.4 Å². The summed E-state index contributed by atoms with van der Waals surface area (Å²) in [5, 5.41) is 26.4. The maximum atomic E-state index is 11.8. The van der Waals surface area contributed by atoms with Gasteiger partial charge in [0.2, 0.25) is 0 Å². The molecular weight excluding hydrogens is 786 g/mol. The highest BCUT2D eigenvalue weighted by molar-refractivity contribution is 6.02. The number of carbonyl (C=O) groups excluding carboxylic acids is 5. The highest BCUT2D eigenvalue weighted by Gasteiger charge is 2.28. The number of aromatic carboxylic acids is 1. The Kier molecular flexibility index (Phi) is 34.1. The molecular formula is C43H71NO16. The lowest BCUT2D eigenvalue weighted by atomic mass is 9.91. The van der Waals surface area contributed by atoms with E-state index in [9.17, 15) is 28.8 Å². The van der Waals surface area contributed by atoms with Gasteiger partial charge in [-0.25, -0.2) is 14.4 Å². The highest BCUT2D eigenvalue weighted by Crippen LogP contribution is 2.22. The van der Waals surface area contributed by atoms with Crippen molar-refractivity contribution >= 4 is 47.9 Å². The Hall–Kier alpha value is -5.22. The van der Waals surface area contributed by atoms with E-state index in [1.807, 2.05) is 27.7 Å². The molecule has 0 radical (unpaired) electrons. The molecule has 1 atom stereocenters. The molecule has 60 heavy (non-hydrogen) atoms. The second-order valence-corrected chi connectivity index (χ2v) is 14.7. The minimum atomic E-state index is -1.20. The van der Waals surface area contributed by atoms with Crippen molar-refractivity contribution in [1.29, 1.82) is 0 Å². The predicted octanol–water partition coefficient (Wildman–Crippen LogP) is 7.71. The molecule has 1 aromatic carbocycles. The predicted molar refractivity (Wildman–Crippen MR) is 222 cm³/mol. The smallest absolute Gasteiger partial charge is 0.407 e.